The van der Waals surface area contributed by atoms with Crippen LogP contribution in [0.4, 0.5) is 19.1 Å². The van der Waals surface area contributed by atoms with E-state index in [0.29, 0.717) is 13.2 Å². The molecule has 5 nitrogen and oxygen atoms in total. The van der Waals surface area contributed by atoms with Gasteiger partial charge < -0.3 is 10.1 Å². The smallest absolute Gasteiger partial charge is 0.321 e. The summed E-state index contributed by atoms with van der Waals surface area (Å²) in [4.78, 5) is 11.9. The molecule has 0 aliphatic heterocycles. The molecule has 2 aromatic rings. The van der Waals surface area contributed by atoms with Crippen LogP contribution in [0.25, 0.3) is 11.4 Å². The van der Waals surface area contributed by atoms with Crippen LogP contribution in [-0.4, -0.2) is 28.1 Å². The van der Waals surface area contributed by atoms with Crippen LogP contribution in [0, 0.1) is 17.5 Å². The van der Waals surface area contributed by atoms with Crippen molar-refractivity contribution in [2.45, 2.75) is 13.8 Å². The van der Waals surface area contributed by atoms with Crippen LogP contribution in [-0.2, 0) is 0 Å². The summed E-state index contributed by atoms with van der Waals surface area (Å²) in [6.07, 6.45) is 0. The van der Waals surface area contributed by atoms with Crippen LogP contribution >= 0.6 is 0 Å². The van der Waals surface area contributed by atoms with Gasteiger partial charge in [0.2, 0.25) is 5.95 Å². The van der Waals surface area contributed by atoms with Gasteiger partial charge in [-0.25, -0.2) is 13.2 Å². The first-order valence-corrected chi connectivity index (χ1v) is 6.32. The van der Waals surface area contributed by atoms with Gasteiger partial charge in [0.1, 0.15) is 0 Å². The number of rotatable bonds is 5. The molecule has 21 heavy (non-hydrogen) atoms. The van der Waals surface area contributed by atoms with E-state index in [-0.39, 0.29) is 23.3 Å². The topological polar surface area (TPSA) is 59.9 Å². The molecule has 0 unspecified atom stereocenters. The standard InChI is InChI=1S/C13H13F3N4O/c1-3-17-12-18-11(19-13(20-12)21-4-2)7-5-8(14)10(16)9(15)6-7/h5-6H,3-4H2,1-2H3,(H,17,18,19,20). The van der Waals surface area contributed by atoms with Crippen LogP contribution in [0.2, 0.25) is 0 Å². The van der Waals surface area contributed by atoms with Crippen molar-refractivity contribution in [1.29, 1.82) is 0 Å². The van der Waals surface area contributed by atoms with Crippen LogP contribution in [0.15, 0.2) is 12.1 Å². The quantitative estimate of drug-likeness (QED) is 0.860. The van der Waals surface area contributed by atoms with E-state index in [2.05, 4.69) is 20.3 Å². The summed E-state index contributed by atoms with van der Waals surface area (Å²) in [5, 5.41) is 2.85. The predicted octanol–water partition coefficient (Wildman–Crippen LogP) is 2.79. The average Bonchev–Trinajstić information content (AvgIpc) is 2.44. The molecule has 0 spiro atoms. The highest BCUT2D eigenvalue weighted by Gasteiger charge is 2.15. The van der Waals surface area contributed by atoms with Crippen molar-refractivity contribution in [2.75, 3.05) is 18.5 Å². The van der Waals surface area contributed by atoms with Gasteiger partial charge in [0.05, 0.1) is 6.61 Å². The van der Waals surface area contributed by atoms with Gasteiger partial charge in [-0.15, -0.1) is 0 Å². The minimum absolute atomic E-state index is 0.00564. The van der Waals surface area contributed by atoms with Crippen molar-refractivity contribution in [1.82, 2.24) is 15.0 Å². The summed E-state index contributed by atoms with van der Waals surface area (Å²) in [6, 6.07) is 1.65. The molecule has 0 aliphatic carbocycles. The molecule has 2 rings (SSSR count). The average molecular weight is 298 g/mol. The summed E-state index contributed by atoms with van der Waals surface area (Å²) in [7, 11) is 0. The number of hydrogen-bond acceptors (Lipinski definition) is 5. The maximum Gasteiger partial charge on any atom is 0.321 e. The third-order valence-corrected chi connectivity index (χ3v) is 2.47. The van der Waals surface area contributed by atoms with Gasteiger partial charge in [-0.3, -0.25) is 0 Å². The summed E-state index contributed by atoms with van der Waals surface area (Å²) >= 11 is 0. The number of benzene rings is 1. The lowest BCUT2D eigenvalue weighted by atomic mass is 10.2. The van der Waals surface area contributed by atoms with Gasteiger partial charge in [-0.05, 0) is 26.0 Å². The summed E-state index contributed by atoms with van der Waals surface area (Å²) < 4.78 is 44.7. The lowest BCUT2D eigenvalue weighted by Gasteiger charge is -2.08. The first-order valence-electron chi connectivity index (χ1n) is 6.32. The molecule has 8 heteroatoms. The van der Waals surface area contributed by atoms with Gasteiger partial charge in [0.25, 0.3) is 0 Å². The van der Waals surface area contributed by atoms with Gasteiger partial charge in [-0.1, -0.05) is 0 Å². The molecule has 0 bridgehead atoms. The van der Waals surface area contributed by atoms with E-state index in [1.165, 1.54) is 0 Å². The lowest BCUT2D eigenvalue weighted by molar-refractivity contribution is 0.312. The number of hydrogen-bond donors (Lipinski definition) is 1. The van der Waals surface area contributed by atoms with Gasteiger partial charge in [-0.2, -0.15) is 15.0 Å². The zero-order valence-corrected chi connectivity index (χ0v) is 11.5. The molecule has 1 heterocycles. The highest BCUT2D eigenvalue weighted by atomic mass is 19.2. The normalized spacial score (nSPS) is 10.5. The Balaban J connectivity index is 2.51. The fourth-order valence-electron chi connectivity index (χ4n) is 1.60. The van der Waals surface area contributed by atoms with Crippen LogP contribution in [0.3, 0.4) is 0 Å². The monoisotopic (exact) mass is 298 g/mol. The maximum atomic E-state index is 13.3. The molecular weight excluding hydrogens is 285 g/mol. The highest BCUT2D eigenvalue weighted by Crippen LogP contribution is 2.23. The Morgan fingerprint density at radius 2 is 1.71 bits per heavy atom. The minimum atomic E-state index is -1.54. The largest absolute Gasteiger partial charge is 0.464 e. The first kappa shape index (κ1) is 15.0. The van der Waals surface area contributed by atoms with E-state index in [0.717, 1.165) is 12.1 Å². The molecule has 1 aromatic carbocycles. The van der Waals surface area contributed by atoms with Crippen molar-refractivity contribution in [2.24, 2.45) is 0 Å². The van der Waals surface area contributed by atoms with Crippen molar-refractivity contribution in [3.8, 4) is 17.4 Å². The summed E-state index contributed by atoms with van der Waals surface area (Å²) in [6.45, 7) is 4.44. The number of halogens is 3. The molecule has 1 aromatic heterocycles. The molecule has 0 aliphatic rings. The third-order valence-electron chi connectivity index (χ3n) is 2.47. The Morgan fingerprint density at radius 1 is 1.05 bits per heavy atom. The lowest BCUT2D eigenvalue weighted by Crippen LogP contribution is -2.08. The van der Waals surface area contributed by atoms with E-state index < -0.39 is 17.5 Å². The fourth-order valence-corrected chi connectivity index (χ4v) is 1.60. The molecule has 0 fully saturated rings. The van der Waals surface area contributed by atoms with Crippen molar-refractivity contribution >= 4 is 5.95 Å². The Bertz CT molecular complexity index is 604. The molecule has 0 radical (unpaired) electrons. The number of ether oxygens (including phenoxy) is 1. The Labute approximate surface area is 119 Å². The number of anilines is 1. The van der Waals surface area contributed by atoms with Gasteiger partial charge in [0.15, 0.2) is 23.3 Å². The fraction of sp³-hybridized carbons (Fsp3) is 0.308. The van der Waals surface area contributed by atoms with Crippen molar-refractivity contribution in [3.05, 3.63) is 29.6 Å². The second-order valence-electron chi connectivity index (χ2n) is 3.98. The first-order chi connectivity index (χ1) is 10.0. The van der Waals surface area contributed by atoms with E-state index in [9.17, 15) is 13.2 Å². The van der Waals surface area contributed by atoms with Gasteiger partial charge in [0, 0.05) is 12.1 Å². The third kappa shape index (κ3) is 3.39. The van der Waals surface area contributed by atoms with E-state index in [1.54, 1.807) is 6.92 Å². The number of aromatic nitrogens is 3. The zero-order chi connectivity index (χ0) is 15.4. The molecule has 0 saturated heterocycles. The van der Waals surface area contributed by atoms with Crippen LogP contribution in [0.1, 0.15) is 13.8 Å². The Morgan fingerprint density at radius 3 is 2.29 bits per heavy atom. The minimum Gasteiger partial charge on any atom is -0.464 e. The van der Waals surface area contributed by atoms with E-state index in [1.807, 2.05) is 6.92 Å². The predicted molar refractivity (Wildman–Crippen MR) is 70.5 cm³/mol. The second kappa shape index (κ2) is 6.38. The van der Waals surface area contributed by atoms with Crippen LogP contribution < -0.4 is 10.1 Å². The van der Waals surface area contributed by atoms with Gasteiger partial charge >= 0.3 is 6.01 Å². The zero-order valence-electron chi connectivity index (χ0n) is 11.5. The summed E-state index contributed by atoms with van der Waals surface area (Å²) in [5.41, 5.74) is -0.00564. The van der Waals surface area contributed by atoms with Crippen molar-refractivity contribution < 1.29 is 17.9 Å². The van der Waals surface area contributed by atoms with Crippen molar-refractivity contribution in [3.63, 3.8) is 0 Å². The second-order valence-corrected chi connectivity index (χ2v) is 3.98. The molecule has 112 valence electrons. The highest BCUT2D eigenvalue weighted by molar-refractivity contribution is 5.57. The molecule has 0 atom stereocenters. The molecule has 0 saturated carbocycles. The SMILES string of the molecule is CCNc1nc(OCC)nc(-c2cc(F)c(F)c(F)c2)n1. The van der Waals surface area contributed by atoms with E-state index >= 15 is 0 Å². The van der Waals surface area contributed by atoms with Crippen LogP contribution in [0.5, 0.6) is 6.01 Å². The van der Waals surface area contributed by atoms with E-state index in [4.69, 9.17) is 4.74 Å². The maximum absolute atomic E-state index is 13.3. The summed E-state index contributed by atoms with van der Waals surface area (Å²) in [5.74, 6) is -3.97. The number of nitrogens with one attached hydrogen (secondary N) is 1. The molecule has 0 amide bonds. The number of nitrogens with zero attached hydrogens (tertiary/aromatic N) is 3. The molecule has 1 N–H and O–H groups in total. The Kier molecular flexibility index (Phi) is 4.56. The Hall–Kier alpha value is -2.38. The molecular formula is C13H13F3N4O.